The molecule has 10 nitrogen and oxygen atoms in total. The number of pyridine rings is 1. The summed E-state index contributed by atoms with van der Waals surface area (Å²) < 4.78 is 17.9. The van der Waals surface area contributed by atoms with E-state index in [9.17, 15) is 14.7 Å². The number of hydrogen-bond acceptors (Lipinski definition) is 8. The molecule has 4 atom stereocenters. The Hall–Kier alpha value is -3.83. The van der Waals surface area contributed by atoms with E-state index in [4.69, 9.17) is 14.2 Å². The Morgan fingerprint density at radius 2 is 1.76 bits per heavy atom. The summed E-state index contributed by atoms with van der Waals surface area (Å²) in [5.41, 5.74) is 4.29. The summed E-state index contributed by atoms with van der Waals surface area (Å²) in [5, 5.41) is 14.7. The van der Waals surface area contributed by atoms with Crippen molar-refractivity contribution in [2.45, 2.75) is 45.4 Å². The Morgan fingerprint density at radius 3 is 2.43 bits per heavy atom. The number of benzene rings is 2. The van der Waals surface area contributed by atoms with Crippen LogP contribution < -0.4 is 10.6 Å². The molecule has 224 valence electrons. The summed E-state index contributed by atoms with van der Waals surface area (Å²) in [6.45, 7) is 5.42. The molecule has 4 rings (SSSR count). The largest absolute Gasteiger partial charge is 0.465 e. The number of nitrogens with one attached hydrogen (secondary N) is 2. The number of hydrogen-bond donors (Lipinski definition) is 3. The van der Waals surface area contributed by atoms with Gasteiger partial charge in [-0.1, -0.05) is 49.4 Å². The van der Waals surface area contributed by atoms with Gasteiger partial charge in [-0.3, -0.25) is 9.78 Å². The lowest BCUT2D eigenvalue weighted by Gasteiger charge is -2.42. The number of esters is 1. The van der Waals surface area contributed by atoms with Crippen molar-refractivity contribution in [3.8, 4) is 0 Å². The quantitative estimate of drug-likeness (QED) is 0.274. The number of rotatable bonds is 12. The second-order valence-electron chi connectivity index (χ2n) is 10.4. The van der Waals surface area contributed by atoms with E-state index in [-0.39, 0.29) is 37.9 Å². The molecule has 1 fully saturated rings. The molecule has 0 unspecified atom stereocenters. The number of nitrogens with zero attached hydrogens (tertiary/aromatic N) is 2. The number of urea groups is 1. The van der Waals surface area contributed by atoms with Gasteiger partial charge in [0.05, 0.1) is 25.4 Å². The van der Waals surface area contributed by atoms with Gasteiger partial charge in [-0.05, 0) is 49.4 Å². The monoisotopic (exact) mass is 576 g/mol. The smallest absolute Gasteiger partial charge is 0.325 e. The molecule has 1 aliphatic rings. The van der Waals surface area contributed by atoms with Crippen LogP contribution in [0.3, 0.4) is 0 Å². The maximum Gasteiger partial charge on any atom is 0.325 e. The minimum atomic E-state index is -0.621. The second kappa shape index (κ2) is 15.4. The molecule has 0 spiro atoms. The van der Waals surface area contributed by atoms with E-state index in [0.29, 0.717) is 12.2 Å². The molecule has 2 heterocycles. The molecule has 2 amide bonds. The van der Waals surface area contributed by atoms with Gasteiger partial charge >= 0.3 is 12.0 Å². The number of likely N-dealkylation sites (N-methyl/N-ethyl adjacent to an activating group) is 1. The molecule has 0 aliphatic carbocycles. The van der Waals surface area contributed by atoms with Crippen LogP contribution in [0.5, 0.6) is 0 Å². The fourth-order valence-electron chi connectivity index (χ4n) is 4.84. The van der Waals surface area contributed by atoms with E-state index < -0.39 is 18.3 Å². The number of amides is 2. The van der Waals surface area contributed by atoms with Gasteiger partial charge in [0.1, 0.15) is 6.54 Å². The van der Waals surface area contributed by atoms with Crippen LogP contribution in [0.4, 0.5) is 10.5 Å². The Bertz CT molecular complexity index is 1270. The Morgan fingerprint density at radius 1 is 1.02 bits per heavy atom. The molecule has 42 heavy (non-hydrogen) atoms. The molecule has 0 radical (unpaired) electrons. The number of carbonyl (C=O) groups is 2. The summed E-state index contributed by atoms with van der Waals surface area (Å²) in [5.74, 6) is -0.441. The van der Waals surface area contributed by atoms with Gasteiger partial charge in [0.15, 0.2) is 6.29 Å². The van der Waals surface area contributed by atoms with Crippen LogP contribution >= 0.6 is 0 Å². The van der Waals surface area contributed by atoms with E-state index in [1.165, 1.54) is 0 Å². The summed E-state index contributed by atoms with van der Waals surface area (Å²) in [6, 6.07) is 20.5. The predicted octanol–water partition coefficient (Wildman–Crippen LogP) is 4.22. The predicted molar refractivity (Wildman–Crippen MR) is 159 cm³/mol. The van der Waals surface area contributed by atoms with E-state index >= 15 is 0 Å². The maximum absolute atomic E-state index is 12.2. The van der Waals surface area contributed by atoms with Crippen molar-refractivity contribution in [3.63, 3.8) is 0 Å². The van der Waals surface area contributed by atoms with E-state index in [2.05, 4.69) is 34.5 Å². The number of carbonyl (C=O) groups excluding carboxylic acids is 2. The van der Waals surface area contributed by atoms with Crippen molar-refractivity contribution >= 4 is 17.7 Å². The van der Waals surface area contributed by atoms with Gasteiger partial charge < -0.3 is 34.9 Å². The average molecular weight is 577 g/mol. The Kier molecular flexibility index (Phi) is 11.4. The van der Waals surface area contributed by atoms with Crippen molar-refractivity contribution in [3.05, 3.63) is 95.3 Å². The number of ether oxygens (including phenoxy) is 3. The van der Waals surface area contributed by atoms with Crippen molar-refractivity contribution in [2.75, 3.05) is 38.6 Å². The van der Waals surface area contributed by atoms with Crippen molar-refractivity contribution < 1.29 is 28.9 Å². The van der Waals surface area contributed by atoms with Gasteiger partial charge in [-0.15, -0.1) is 0 Å². The topological polar surface area (TPSA) is 122 Å². The van der Waals surface area contributed by atoms with Crippen LogP contribution in [0.25, 0.3) is 0 Å². The molecule has 2 aromatic carbocycles. The van der Waals surface area contributed by atoms with Crippen LogP contribution in [0.2, 0.25) is 0 Å². The van der Waals surface area contributed by atoms with Crippen LogP contribution in [0, 0.1) is 5.92 Å². The minimum Gasteiger partial charge on any atom is -0.465 e. The molecular formula is C32H40N4O6. The summed E-state index contributed by atoms with van der Waals surface area (Å²) in [7, 11) is 2.09. The zero-order valence-electron chi connectivity index (χ0n) is 24.4. The zero-order valence-corrected chi connectivity index (χ0v) is 24.4. The first-order valence-corrected chi connectivity index (χ1v) is 14.3. The highest BCUT2D eigenvalue weighted by Crippen LogP contribution is 2.42. The van der Waals surface area contributed by atoms with E-state index in [0.717, 1.165) is 35.3 Å². The summed E-state index contributed by atoms with van der Waals surface area (Å²) in [6.07, 6.45) is 1.69. The normalized spacial score (nSPS) is 20.2. The van der Waals surface area contributed by atoms with Crippen molar-refractivity contribution in [1.82, 2.24) is 15.2 Å². The van der Waals surface area contributed by atoms with Crippen LogP contribution in [0.1, 0.15) is 48.6 Å². The van der Waals surface area contributed by atoms with Crippen LogP contribution in [-0.2, 0) is 32.0 Å². The first-order valence-electron chi connectivity index (χ1n) is 14.3. The minimum absolute atomic E-state index is 0.0159. The van der Waals surface area contributed by atoms with Gasteiger partial charge in [-0.25, -0.2) is 4.79 Å². The number of aliphatic hydroxyl groups is 1. The third-order valence-electron chi connectivity index (χ3n) is 7.23. The lowest BCUT2D eigenvalue weighted by atomic mass is 9.90. The van der Waals surface area contributed by atoms with Gasteiger partial charge in [0.25, 0.3) is 0 Å². The first-order chi connectivity index (χ1) is 20.4. The molecule has 0 bridgehead atoms. The van der Waals surface area contributed by atoms with Crippen LogP contribution in [-0.4, -0.2) is 66.4 Å². The summed E-state index contributed by atoms with van der Waals surface area (Å²) in [4.78, 5) is 30.4. The van der Waals surface area contributed by atoms with Gasteiger partial charge in [0.2, 0.25) is 0 Å². The fraction of sp³-hybridized carbons (Fsp3) is 0.406. The molecular weight excluding hydrogens is 536 g/mol. The zero-order chi connectivity index (χ0) is 29.9. The van der Waals surface area contributed by atoms with Gasteiger partial charge in [-0.2, -0.15) is 0 Å². The highest BCUT2D eigenvalue weighted by molar-refractivity contribution is 5.91. The van der Waals surface area contributed by atoms with Crippen molar-refractivity contribution in [1.29, 1.82) is 0 Å². The SMILES string of the molecule is CCOC(=O)CNC(=O)Nc1ccc([C@H]2O[C@@H](CN(C)CCc3ccccn3)[C@@H](C)[C@@H](c3ccc(CO)cc3)O2)cc1. The molecule has 1 aromatic heterocycles. The average Bonchev–Trinajstić information content (AvgIpc) is 3.01. The van der Waals surface area contributed by atoms with E-state index in [1.807, 2.05) is 60.8 Å². The molecule has 3 N–H and O–H groups in total. The third-order valence-corrected chi connectivity index (χ3v) is 7.23. The number of aromatic nitrogens is 1. The third kappa shape index (κ3) is 8.83. The standard InChI is InChI=1S/C32H40N4O6/c1-4-40-29(38)19-34-32(39)35-27-14-12-25(13-15-27)31-41-28(20-36(3)18-16-26-7-5-6-17-33-26)22(2)30(42-31)24-10-8-23(21-37)9-11-24/h5-15,17,22,28,30-31,37H,4,16,18-21H2,1-3H3,(H2,34,35,39)/t22-,28+,30+,31+/m1/s1. The van der Waals surface area contributed by atoms with Crippen LogP contribution in [0.15, 0.2) is 72.9 Å². The first kappa shape index (κ1) is 31.1. The fourth-order valence-corrected chi connectivity index (χ4v) is 4.84. The summed E-state index contributed by atoms with van der Waals surface area (Å²) >= 11 is 0. The number of aliphatic hydroxyl groups excluding tert-OH is 1. The molecule has 0 saturated carbocycles. The molecule has 1 saturated heterocycles. The maximum atomic E-state index is 12.2. The molecule has 1 aliphatic heterocycles. The Labute approximate surface area is 247 Å². The highest BCUT2D eigenvalue weighted by atomic mass is 16.7. The lowest BCUT2D eigenvalue weighted by molar-refractivity contribution is -0.275. The van der Waals surface area contributed by atoms with E-state index in [1.54, 1.807) is 19.1 Å². The molecule has 10 heteroatoms. The second-order valence-corrected chi connectivity index (χ2v) is 10.4. The lowest BCUT2D eigenvalue weighted by Crippen LogP contribution is -2.43. The molecule has 3 aromatic rings. The Balaban J connectivity index is 1.45. The van der Waals surface area contributed by atoms with Crippen molar-refractivity contribution in [2.24, 2.45) is 5.92 Å². The highest BCUT2D eigenvalue weighted by Gasteiger charge is 2.38. The van der Waals surface area contributed by atoms with Gasteiger partial charge in [0, 0.05) is 48.6 Å². The number of anilines is 1.